The molecule has 1 heterocycles. The number of carbonyl (C=O) groups excluding carboxylic acids is 2. The van der Waals surface area contributed by atoms with Crippen LogP contribution in [0.1, 0.15) is 17.3 Å². The molecule has 1 aromatic heterocycles. The average molecular weight is 481 g/mol. The highest BCUT2D eigenvalue weighted by Gasteiger charge is 2.16. The van der Waals surface area contributed by atoms with Gasteiger partial charge in [0.2, 0.25) is 5.91 Å². The monoisotopic (exact) mass is 479 g/mol. The summed E-state index contributed by atoms with van der Waals surface area (Å²) in [6.45, 7) is 1.79. The Morgan fingerprint density at radius 2 is 1.73 bits per heavy atom. The molecule has 154 valence electrons. The smallest absolute Gasteiger partial charge is 0.257 e. The summed E-state index contributed by atoms with van der Waals surface area (Å²) in [5.41, 5.74) is 0.908. The van der Waals surface area contributed by atoms with E-state index in [4.69, 9.17) is 34.8 Å². The lowest BCUT2D eigenvalue weighted by molar-refractivity contribution is -0.115. The van der Waals surface area contributed by atoms with Crippen molar-refractivity contribution in [2.24, 2.45) is 0 Å². The number of nitrogens with one attached hydrogen (secondary N) is 2. The Bertz CT molecular complexity index is 1080. The summed E-state index contributed by atoms with van der Waals surface area (Å²) < 4.78 is 0. The fraction of sp³-hybridized carbons (Fsp3) is 0.0952. The Hall–Kier alpha value is -2.25. The summed E-state index contributed by atoms with van der Waals surface area (Å²) in [4.78, 5) is 29.8. The molecule has 0 saturated heterocycles. The number of hydrogen-bond acceptors (Lipinski definition) is 4. The quantitative estimate of drug-likeness (QED) is 0.400. The predicted octanol–water partition coefficient (Wildman–Crippen LogP) is 6.41. The molecule has 5 nitrogen and oxygen atoms in total. The highest BCUT2D eigenvalue weighted by atomic mass is 35.5. The van der Waals surface area contributed by atoms with Crippen molar-refractivity contribution in [3.8, 4) is 0 Å². The Labute approximate surface area is 193 Å². The first-order valence-corrected chi connectivity index (χ1v) is 10.8. The van der Waals surface area contributed by atoms with Crippen molar-refractivity contribution in [3.63, 3.8) is 0 Å². The maximum atomic E-state index is 12.5. The zero-order valence-electron chi connectivity index (χ0n) is 15.7. The number of nitrogens with zero attached hydrogens (tertiary/aromatic N) is 1. The van der Waals surface area contributed by atoms with Gasteiger partial charge in [0.1, 0.15) is 5.82 Å². The highest BCUT2D eigenvalue weighted by Crippen LogP contribution is 2.27. The van der Waals surface area contributed by atoms with Crippen molar-refractivity contribution in [2.45, 2.75) is 17.1 Å². The first-order valence-electron chi connectivity index (χ1n) is 8.77. The summed E-state index contributed by atoms with van der Waals surface area (Å²) in [6, 6.07) is 15.2. The molecule has 30 heavy (non-hydrogen) atoms. The third-order valence-corrected chi connectivity index (χ3v) is 5.79. The number of benzene rings is 2. The fourth-order valence-corrected chi connectivity index (χ4v) is 3.99. The van der Waals surface area contributed by atoms with E-state index in [9.17, 15) is 9.59 Å². The van der Waals surface area contributed by atoms with E-state index in [1.165, 1.54) is 24.0 Å². The molecule has 0 radical (unpaired) electrons. The molecule has 3 aromatic rings. The summed E-state index contributed by atoms with van der Waals surface area (Å²) in [5, 5.41) is 6.38. The first-order chi connectivity index (χ1) is 14.3. The lowest BCUT2D eigenvalue weighted by atomic mass is 10.2. The standard InChI is InChI=1S/C21H16Cl3N3O2S/c1-12(20(28)27-19-8-6-14(23)11-25-19)30-16-4-2-3-15(10-16)26-21(29)17-7-5-13(22)9-18(17)24/h2-12H,1H3,(H,26,29)(H,25,27,28). The SMILES string of the molecule is CC(Sc1cccc(NC(=O)c2ccc(Cl)cc2Cl)c1)C(=O)Nc1ccc(Cl)cn1. The molecule has 1 atom stereocenters. The third-order valence-electron chi connectivity index (χ3n) is 3.93. The zero-order chi connectivity index (χ0) is 21.7. The minimum Gasteiger partial charge on any atom is -0.322 e. The molecule has 3 rings (SSSR count). The van der Waals surface area contributed by atoms with Gasteiger partial charge in [-0.15, -0.1) is 11.8 Å². The van der Waals surface area contributed by atoms with Gasteiger partial charge in [0, 0.05) is 21.8 Å². The second-order valence-corrected chi connectivity index (χ2v) is 8.91. The van der Waals surface area contributed by atoms with Crippen molar-refractivity contribution in [1.82, 2.24) is 4.98 Å². The van der Waals surface area contributed by atoms with E-state index in [2.05, 4.69) is 15.6 Å². The second-order valence-electron chi connectivity index (χ2n) is 6.22. The lowest BCUT2D eigenvalue weighted by Gasteiger charge is -2.13. The maximum Gasteiger partial charge on any atom is 0.257 e. The van der Waals surface area contributed by atoms with E-state index in [1.807, 2.05) is 6.07 Å². The number of amides is 2. The van der Waals surface area contributed by atoms with E-state index >= 15 is 0 Å². The summed E-state index contributed by atoms with van der Waals surface area (Å²) in [5.74, 6) is -0.117. The van der Waals surface area contributed by atoms with Crippen molar-refractivity contribution in [2.75, 3.05) is 10.6 Å². The first kappa shape index (κ1) is 22.4. The van der Waals surface area contributed by atoms with Gasteiger partial charge < -0.3 is 10.6 Å². The number of halogens is 3. The largest absolute Gasteiger partial charge is 0.322 e. The highest BCUT2D eigenvalue weighted by molar-refractivity contribution is 8.00. The van der Waals surface area contributed by atoms with E-state index in [0.29, 0.717) is 27.1 Å². The molecular weight excluding hydrogens is 465 g/mol. The minimum atomic E-state index is -0.390. The summed E-state index contributed by atoms with van der Waals surface area (Å²) in [7, 11) is 0. The van der Waals surface area contributed by atoms with Gasteiger partial charge in [-0.1, -0.05) is 40.9 Å². The van der Waals surface area contributed by atoms with Crippen molar-refractivity contribution in [1.29, 1.82) is 0 Å². The van der Waals surface area contributed by atoms with Gasteiger partial charge in [-0.3, -0.25) is 9.59 Å². The van der Waals surface area contributed by atoms with Gasteiger partial charge in [-0.05, 0) is 55.5 Å². The number of rotatable bonds is 6. The molecule has 1 unspecified atom stereocenters. The van der Waals surface area contributed by atoms with Crippen molar-refractivity contribution < 1.29 is 9.59 Å². The Morgan fingerprint density at radius 1 is 0.967 bits per heavy atom. The van der Waals surface area contributed by atoms with Crippen LogP contribution in [-0.2, 0) is 4.79 Å². The Morgan fingerprint density at radius 3 is 2.43 bits per heavy atom. The van der Waals surface area contributed by atoms with Crippen LogP contribution in [0.15, 0.2) is 65.7 Å². The summed E-state index contributed by atoms with van der Waals surface area (Å²) >= 11 is 19.1. The summed E-state index contributed by atoms with van der Waals surface area (Å²) in [6.07, 6.45) is 1.47. The number of carbonyl (C=O) groups is 2. The van der Waals surface area contributed by atoms with Crippen molar-refractivity contribution in [3.05, 3.63) is 81.4 Å². The third kappa shape index (κ3) is 6.12. The van der Waals surface area contributed by atoms with Crippen LogP contribution in [-0.4, -0.2) is 22.0 Å². The predicted molar refractivity (Wildman–Crippen MR) is 124 cm³/mol. The van der Waals surface area contributed by atoms with Crippen molar-refractivity contribution >= 4 is 69.9 Å². The number of pyridine rings is 1. The van der Waals surface area contributed by atoms with Crippen LogP contribution in [0, 0.1) is 0 Å². The molecule has 2 amide bonds. The molecule has 2 N–H and O–H groups in total. The molecule has 2 aromatic carbocycles. The van der Waals surface area contributed by atoms with Crippen LogP contribution >= 0.6 is 46.6 Å². The van der Waals surface area contributed by atoms with Crippen LogP contribution in [0.3, 0.4) is 0 Å². The molecule has 0 spiro atoms. The van der Waals surface area contributed by atoms with Crippen LogP contribution in [0.2, 0.25) is 15.1 Å². The number of thioether (sulfide) groups is 1. The van der Waals surface area contributed by atoms with Crippen LogP contribution < -0.4 is 10.6 Å². The van der Waals surface area contributed by atoms with E-state index in [1.54, 1.807) is 49.4 Å². The Balaban J connectivity index is 1.63. The molecule has 0 bridgehead atoms. The second kappa shape index (κ2) is 10.2. The minimum absolute atomic E-state index is 0.197. The maximum absolute atomic E-state index is 12.5. The normalized spacial score (nSPS) is 11.6. The molecule has 9 heteroatoms. The number of aromatic nitrogens is 1. The van der Waals surface area contributed by atoms with Crippen LogP contribution in [0.4, 0.5) is 11.5 Å². The van der Waals surface area contributed by atoms with Gasteiger partial charge >= 0.3 is 0 Å². The van der Waals surface area contributed by atoms with Gasteiger partial charge in [-0.25, -0.2) is 4.98 Å². The van der Waals surface area contributed by atoms with E-state index in [0.717, 1.165) is 4.90 Å². The molecule has 0 aliphatic rings. The van der Waals surface area contributed by atoms with Gasteiger partial charge in [0.25, 0.3) is 5.91 Å². The number of anilines is 2. The molecule has 0 aliphatic heterocycles. The van der Waals surface area contributed by atoms with Crippen LogP contribution in [0.5, 0.6) is 0 Å². The molecular formula is C21H16Cl3N3O2S. The Kier molecular flexibility index (Phi) is 7.61. The lowest BCUT2D eigenvalue weighted by Crippen LogP contribution is -2.22. The molecule has 0 saturated carbocycles. The topological polar surface area (TPSA) is 71.1 Å². The average Bonchev–Trinajstić information content (AvgIpc) is 2.69. The van der Waals surface area contributed by atoms with E-state index < -0.39 is 0 Å². The van der Waals surface area contributed by atoms with Gasteiger partial charge in [0.15, 0.2) is 0 Å². The van der Waals surface area contributed by atoms with Crippen LogP contribution in [0.25, 0.3) is 0 Å². The molecule has 0 fully saturated rings. The molecule has 0 aliphatic carbocycles. The van der Waals surface area contributed by atoms with Gasteiger partial charge in [-0.2, -0.15) is 0 Å². The van der Waals surface area contributed by atoms with Gasteiger partial charge in [0.05, 0.1) is 20.9 Å². The zero-order valence-corrected chi connectivity index (χ0v) is 18.7. The fourth-order valence-electron chi connectivity index (χ4n) is 2.45. The number of hydrogen-bond donors (Lipinski definition) is 2. The van der Waals surface area contributed by atoms with E-state index in [-0.39, 0.29) is 22.1 Å².